The minimum atomic E-state index is -4.80. The van der Waals surface area contributed by atoms with Crippen molar-refractivity contribution in [1.82, 2.24) is 4.57 Å². The Hall–Kier alpha value is -2.96. The molecule has 1 aromatic heterocycles. The predicted molar refractivity (Wildman–Crippen MR) is 177 cm³/mol. The Labute approximate surface area is 288 Å². The van der Waals surface area contributed by atoms with Gasteiger partial charge in [-0.05, 0) is 75.1 Å². The number of nitrogens with zero attached hydrogens (tertiary/aromatic N) is 3. The summed E-state index contributed by atoms with van der Waals surface area (Å²) in [7, 11) is -8.77. The SMILES string of the molecule is CCN1/C(=C\C=C\c2c(CCCS(=O)(=O)O)c3cc(C(F)(F)F)c(Cl)cc3n2CC)N(CCCS(=O)(=O)O)c2cc(C(F)(F)F)c(Cl)cc21. The van der Waals surface area contributed by atoms with Crippen LogP contribution in [0.1, 0.15) is 49.1 Å². The Morgan fingerprint density at radius 3 is 1.88 bits per heavy atom. The van der Waals surface area contributed by atoms with Crippen LogP contribution in [-0.2, 0) is 45.6 Å². The maximum absolute atomic E-state index is 13.8. The number of hydrogen-bond donors (Lipinski definition) is 2. The Kier molecular flexibility index (Phi) is 11.4. The van der Waals surface area contributed by atoms with Gasteiger partial charge < -0.3 is 14.4 Å². The average Bonchev–Trinajstić information content (AvgIpc) is 3.39. The molecule has 0 spiro atoms. The number of benzene rings is 2. The summed E-state index contributed by atoms with van der Waals surface area (Å²) in [5.74, 6) is -1.00. The largest absolute Gasteiger partial charge is 0.417 e. The number of halogens is 8. The number of allylic oxidation sites excluding steroid dienone is 2. The molecule has 2 N–H and O–H groups in total. The zero-order chi connectivity index (χ0) is 36.7. The van der Waals surface area contributed by atoms with E-state index in [0.717, 1.165) is 24.3 Å². The van der Waals surface area contributed by atoms with Gasteiger partial charge in [-0.1, -0.05) is 29.3 Å². The molecular weight excluding hydrogens is 747 g/mol. The molecule has 19 heteroatoms. The van der Waals surface area contributed by atoms with Gasteiger partial charge in [-0.2, -0.15) is 43.2 Å². The fourth-order valence-corrected chi connectivity index (χ4v) is 7.41. The van der Waals surface area contributed by atoms with E-state index in [1.54, 1.807) is 29.4 Å². The molecule has 0 fully saturated rings. The summed E-state index contributed by atoms with van der Waals surface area (Å²) in [5.41, 5.74) is -0.765. The van der Waals surface area contributed by atoms with Gasteiger partial charge in [0.2, 0.25) is 0 Å². The number of anilines is 2. The summed E-state index contributed by atoms with van der Waals surface area (Å²) in [6, 6.07) is 4.04. The van der Waals surface area contributed by atoms with Gasteiger partial charge in [-0.25, -0.2) is 0 Å². The van der Waals surface area contributed by atoms with Gasteiger partial charge in [0.15, 0.2) is 0 Å². The van der Waals surface area contributed by atoms with Gasteiger partial charge >= 0.3 is 12.4 Å². The van der Waals surface area contributed by atoms with Crippen molar-refractivity contribution in [3.63, 3.8) is 0 Å². The first-order chi connectivity index (χ1) is 22.6. The van der Waals surface area contributed by atoms with E-state index >= 15 is 0 Å². The third kappa shape index (κ3) is 8.86. The van der Waals surface area contributed by atoms with Crippen molar-refractivity contribution in [2.45, 2.75) is 52.0 Å². The Morgan fingerprint density at radius 2 is 1.33 bits per heavy atom. The predicted octanol–water partition coefficient (Wildman–Crippen LogP) is 8.31. The minimum Gasteiger partial charge on any atom is -0.341 e. The molecule has 0 saturated heterocycles. The maximum atomic E-state index is 13.8. The minimum absolute atomic E-state index is 0.0501. The lowest BCUT2D eigenvalue weighted by molar-refractivity contribution is -0.138. The van der Waals surface area contributed by atoms with Gasteiger partial charge in [0.1, 0.15) is 5.82 Å². The molecule has 0 atom stereocenters. The lowest BCUT2D eigenvalue weighted by Crippen LogP contribution is -2.29. The van der Waals surface area contributed by atoms with Crippen LogP contribution in [0.3, 0.4) is 0 Å². The molecule has 0 bridgehead atoms. The fraction of sp³-hybridized carbons (Fsp3) is 0.400. The van der Waals surface area contributed by atoms with E-state index in [-0.39, 0.29) is 50.0 Å². The Morgan fingerprint density at radius 1 is 0.776 bits per heavy atom. The van der Waals surface area contributed by atoms with Crippen molar-refractivity contribution in [2.24, 2.45) is 0 Å². The summed E-state index contributed by atoms with van der Waals surface area (Å²) < 4.78 is 149. The molecule has 270 valence electrons. The van der Waals surface area contributed by atoms with Crippen molar-refractivity contribution in [2.75, 3.05) is 34.4 Å². The highest BCUT2D eigenvalue weighted by Crippen LogP contribution is 2.48. The third-order valence-corrected chi connectivity index (χ3v) is 10.1. The maximum Gasteiger partial charge on any atom is 0.417 e. The van der Waals surface area contributed by atoms with Crippen LogP contribution < -0.4 is 9.80 Å². The normalized spacial score (nSPS) is 15.4. The molecule has 0 unspecified atom stereocenters. The molecule has 0 aliphatic carbocycles. The average molecular weight is 779 g/mol. The number of hydrogen-bond acceptors (Lipinski definition) is 6. The second kappa shape index (κ2) is 14.3. The summed E-state index contributed by atoms with van der Waals surface area (Å²) >= 11 is 12.0. The van der Waals surface area contributed by atoms with E-state index < -0.39 is 65.3 Å². The van der Waals surface area contributed by atoms with Crippen molar-refractivity contribution < 1.29 is 52.3 Å². The molecule has 1 aliphatic heterocycles. The number of aryl methyl sites for hydroxylation is 2. The highest BCUT2D eigenvalue weighted by molar-refractivity contribution is 7.86. The van der Waals surface area contributed by atoms with Crippen LogP contribution in [-0.4, -0.2) is 55.1 Å². The topological polar surface area (TPSA) is 120 Å². The zero-order valence-electron chi connectivity index (χ0n) is 25.9. The van der Waals surface area contributed by atoms with Crippen LogP contribution in [0, 0.1) is 0 Å². The Bertz CT molecular complexity index is 2030. The van der Waals surface area contributed by atoms with Crippen molar-refractivity contribution in [3.05, 3.63) is 74.7 Å². The zero-order valence-corrected chi connectivity index (χ0v) is 29.1. The van der Waals surface area contributed by atoms with Crippen molar-refractivity contribution in [3.8, 4) is 0 Å². The van der Waals surface area contributed by atoms with Crippen LogP contribution in [0.25, 0.3) is 17.0 Å². The standard InChI is InChI=1S/C30H31Cl2F6N3O6S2/c1-3-39-24(18(8-6-12-48(42,43)44)19-14-20(29(33,34)35)22(31)16-25(19)39)9-5-10-28-40(4-2)27-17-23(32)21(30(36,37)38)15-26(27)41(28)11-7-13-49(45,46)47/h5,9-10,14-17H,3-4,6-8,11-13H2,1-2H3,(H,42,43,44)(H,45,46,47)/b9-5+,28-10+. The second-order valence-electron chi connectivity index (χ2n) is 11.1. The monoisotopic (exact) mass is 777 g/mol. The summed E-state index contributed by atoms with van der Waals surface area (Å²) in [5, 5.41) is -0.946. The quantitative estimate of drug-likeness (QED) is 0.139. The van der Waals surface area contributed by atoms with Crippen molar-refractivity contribution in [1.29, 1.82) is 0 Å². The lowest BCUT2D eigenvalue weighted by Gasteiger charge is -2.24. The first kappa shape index (κ1) is 38.8. The molecule has 3 aromatic rings. The molecular formula is C30H31Cl2F6N3O6S2. The van der Waals surface area contributed by atoms with Gasteiger partial charge in [0.25, 0.3) is 20.2 Å². The molecule has 0 amide bonds. The molecule has 2 heterocycles. The molecule has 0 radical (unpaired) electrons. The second-order valence-corrected chi connectivity index (χ2v) is 15.0. The van der Waals surface area contributed by atoms with E-state index in [9.17, 15) is 52.3 Å². The van der Waals surface area contributed by atoms with E-state index in [1.165, 1.54) is 17.1 Å². The van der Waals surface area contributed by atoms with Gasteiger partial charge in [0.05, 0.1) is 49.6 Å². The summed E-state index contributed by atoms with van der Waals surface area (Å²) in [4.78, 5) is 3.08. The molecule has 2 aromatic carbocycles. The van der Waals surface area contributed by atoms with Gasteiger partial charge in [-0.3, -0.25) is 9.11 Å². The molecule has 9 nitrogen and oxygen atoms in total. The summed E-state index contributed by atoms with van der Waals surface area (Å²) in [6.07, 6.45) is -5.37. The van der Waals surface area contributed by atoms with Crippen LogP contribution in [0.15, 0.2) is 42.2 Å². The number of aromatic nitrogens is 1. The highest BCUT2D eigenvalue weighted by atomic mass is 35.5. The molecule has 0 saturated carbocycles. The number of alkyl halides is 6. The number of rotatable bonds is 12. The van der Waals surface area contributed by atoms with Crippen LogP contribution >= 0.6 is 23.2 Å². The smallest absolute Gasteiger partial charge is 0.341 e. The van der Waals surface area contributed by atoms with Crippen LogP contribution in [0.5, 0.6) is 0 Å². The molecule has 1 aliphatic rings. The first-order valence-electron chi connectivity index (χ1n) is 14.7. The molecule has 49 heavy (non-hydrogen) atoms. The fourth-order valence-electron chi connectivity index (χ4n) is 5.87. The van der Waals surface area contributed by atoms with E-state index in [0.29, 0.717) is 28.3 Å². The van der Waals surface area contributed by atoms with E-state index in [4.69, 9.17) is 23.2 Å². The van der Waals surface area contributed by atoms with Gasteiger partial charge in [-0.15, -0.1) is 0 Å². The van der Waals surface area contributed by atoms with Crippen LogP contribution in [0.4, 0.5) is 37.7 Å². The van der Waals surface area contributed by atoms with Gasteiger partial charge in [0, 0.05) is 30.7 Å². The lowest BCUT2D eigenvalue weighted by atomic mass is 10.0. The van der Waals surface area contributed by atoms with E-state index in [2.05, 4.69) is 0 Å². The van der Waals surface area contributed by atoms with Crippen molar-refractivity contribution >= 4 is 71.8 Å². The number of fused-ring (bicyclic) bond motifs is 2. The Balaban J connectivity index is 1.88. The van der Waals surface area contributed by atoms with E-state index in [1.807, 2.05) is 0 Å². The first-order valence-corrected chi connectivity index (χ1v) is 18.7. The molecule has 4 rings (SSSR count). The summed E-state index contributed by atoms with van der Waals surface area (Å²) in [6.45, 7) is 3.81. The third-order valence-electron chi connectivity index (χ3n) is 7.86. The highest BCUT2D eigenvalue weighted by Gasteiger charge is 2.39. The van der Waals surface area contributed by atoms with Crippen LogP contribution in [0.2, 0.25) is 10.0 Å².